The van der Waals surface area contributed by atoms with Gasteiger partial charge in [0, 0.05) is 26.2 Å². The van der Waals surface area contributed by atoms with Gasteiger partial charge < -0.3 is 21.5 Å². The lowest BCUT2D eigenvalue weighted by Gasteiger charge is -2.26. The van der Waals surface area contributed by atoms with Gasteiger partial charge in [0.1, 0.15) is 11.5 Å². The zero-order valence-electron chi connectivity index (χ0n) is 17.1. The summed E-state index contributed by atoms with van der Waals surface area (Å²) >= 11 is 5.76. The number of amides is 2. The van der Waals surface area contributed by atoms with Crippen molar-refractivity contribution in [1.82, 2.24) is 25.8 Å². The molecule has 0 radical (unpaired) electrons. The van der Waals surface area contributed by atoms with Gasteiger partial charge >= 0.3 is 6.03 Å². The van der Waals surface area contributed by atoms with Crippen LogP contribution in [0.1, 0.15) is 11.4 Å². The Morgan fingerprint density at radius 1 is 1.28 bits per heavy atom. The molecule has 1 saturated heterocycles. The van der Waals surface area contributed by atoms with Gasteiger partial charge in [-0.1, -0.05) is 16.8 Å². The van der Waals surface area contributed by atoms with Gasteiger partial charge in [-0.2, -0.15) is 0 Å². The number of nitrogens with one attached hydrogen (secondary N) is 2. The van der Waals surface area contributed by atoms with Crippen LogP contribution in [0.15, 0.2) is 32.8 Å². The third kappa shape index (κ3) is 6.87. The molecule has 0 aliphatic carbocycles. The highest BCUT2D eigenvalue weighted by molar-refractivity contribution is 6.31. The summed E-state index contributed by atoms with van der Waals surface area (Å²) in [5.74, 6) is -0.428. The maximum Gasteiger partial charge on any atom is 0.318 e. The molecular formula is C18H23ClFN9O3. The number of carbonyl (C=O) groups excluding carboxylic acids is 1. The average molecular weight is 468 g/mol. The van der Waals surface area contributed by atoms with Crippen LogP contribution >= 0.6 is 11.6 Å². The molecule has 0 saturated carbocycles. The van der Waals surface area contributed by atoms with Crippen molar-refractivity contribution in [1.29, 1.82) is 0 Å². The summed E-state index contributed by atoms with van der Waals surface area (Å²) in [6.45, 7) is 4.29. The normalized spacial score (nSPS) is 15.6. The van der Waals surface area contributed by atoms with Gasteiger partial charge in [0.25, 0.3) is 0 Å². The molecule has 3 rings (SSSR count). The molecule has 2 heterocycles. The molecule has 0 spiro atoms. The van der Waals surface area contributed by atoms with Crippen molar-refractivity contribution in [3.8, 4) is 0 Å². The summed E-state index contributed by atoms with van der Waals surface area (Å²) in [6.07, 6.45) is 0. The van der Waals surface area contributed by atoms with Crippen LogP contribution in [-0.2, 0) is 11.3 Å². The second-order valence-electron chi connectivity index (χ2n) is 6.69. The number of guanidine groups is 1. The fourth-order valence-electron chi connectivity index (χ4n) is 2.82. The van der Waals surface area contributed by atoms with E-state index in [9.17, 15) is 9.18 Å². The number of hydrogen-bond acceptors (Lipinski definition) is 8. The molecule has 32 heavy (non-hydrogen) atoms. The third-order valence-corrected chi connectivity index (χ3v) is 4.69. The molecule has 0 bridgehead atoms. The number of carbonyl (C=O) groups is 1. The summed E-state index contributed by atoms with van der Waals surface area (Å²) in [4.78, 5) is 21.9. The van der Waals surface area contributed by atoms with E-state index in [4.69, 9.17) is 32.4 Å². The van der Waals surface area contributed by atoms with E-state index in [1.165, 1.54) is 18.2 Å². The van der Waals surface area contributed by atoms with E-state index < -0.39 is 11.8 Å². The van der Waals surface area contributed by atoms with Gasteiger partial charge in [-0.05, 0) is 23.4 Å². The zero-order chi connectivity index (χ0) is 22.9. The number of nitrogens with zero attached hydrogens (tertiary/aromatic N) is 5. The Bertz CT molecular complexity index is 992. The predicted molar refractivity (Wildman–Crippen MR) is 115 cm³/mol. The number of aliphatic imine (C=N–C) groups is 2. The number of hydrogen-bond donors (Lipinski definition) is 4. The molecule has 1 aromatic heterocycles. The molecule has 6 N–H and O–H groups in total. The molecule has 0 atom stereocenters. The van der Waals surface area contributed by atoms with Crippen molar-refractivity contribution < 1.29 is 18.6 Å². The highest BCUT2D eigenvalue weighted by Crippen LogP contribution is 2.22. The lowest BCUT2D eigenvalue weighted by molar-refractivity contribution is 0.0389. The smallest absolute Gasteiger partial charge is 0.318 e. The molecule has 1 aromatic carbocycles. The van der Waals surface area contributed by atoms with Crippen LogP contribution in [0.2, 0.25) is 5.02 Å². The molecule has 12 nitrogen and oxygen atoms in total. The van der Waals surface area contributed by atoms with E-state index in [-0.39, 0.29) is 34.8 Å². The molecule has 14 heteroatoms. The fraction of sp³-hybridized carbons (Fsp3) is 0.389. The van der Waals surface area contributed by atoms with Gasteiger partial charge in [0.05, 0.1) is 30.5 Å². The van der Waals surface area contributed by atoms with Crippen LogP contribution in [0.25, 0.3) is 0 Å². The lowest BCUT2D eigenvalue weighted by atomic mass is 10.3. The quantitative estimate of drug-likeness (QED) is 0.333. The molecule has 2 aromatic rings. The van der Waals surface area contributed by atoms with Crippen molar-refractivity contribution in [2.24, 2.45) is 21.5 Å². The Hall–Kier alpha value is -3.29. The summed E-state index contributed by atoms with van der Waals surface area (Å²) in [7, 11) is 0. The van der Waals surface area contributed by atoms with Crippen LogP contribution in [0.4, 0.5) is 14.9 Å². The first kappa shape index (κ1) is 23.4. The van der Waals surface area contributed by atoms with Gasteiger partial charge in [-0.25, -0.2) is 23.8 Å². The van der Waals surface area contributed by atoms with E-state index in [0.717, 1.165) is 19.6 Å². The largest absolute Gasteiger partial charge is 0.382 e. The number of nitrogens with two attached hydrogens (primary N) is 2. The number of aromatic nitrogens is 2. The molecule has 172 valence electrons. The van der Waals surface area contributed by atoms with Crippen LogP contribution in [-0.4, -0.2) is 72.4 Å². The molecular weight excluding hydrogens is 445 g/mol. The van der Waals surface area contributed by atoms with Crippen LogP contribution < -0.4 is 22.1 Å². The molecule has 0 unspecified atom stereocenters. The number of amidine groups is 1. The van der Waals surface area contributed by atoms with E-state index in [1.54, 1.807) is 0 Å². The van der Waals surface area contributed by atoms with Gasteiger partial charge in [-0.15, -0.1) is 0 Å². The van der Waals surface area contributed by atoms with E-state index in [2.05, 4.69) is 35.8 Å². The number of halogens is 2. The fourth-order valence-corrected chi connectivity index (χ4v) is 2.99. The topological polar surface area (TPSA) is 169 Å². The Kier molecular flexibility index (Phi) is 8.30. The average Bonchev–Trinajstić information content (AvgIpc) is 3.24. The molecule has 1 aliphatic heterocycles. The standard InChI is InChI=1S/C18H23ClFN9O3/c19-12-9-11(1-2-13(12)20)25-16(21)15-14(27-32-28-15)10-24-18(26-17(22)30)23-3-4-29-5-7-31-8-6-29/h1-2,9H,3-8,10H2,(H2,21,25)(H4,22,23,24,26,30). The predicted octanol–water partition coefficient (Wildman–Crippen LogP) is 0.345. The maximum atomic E-state index is 13.3. The number of rotatable bonds is 7. The first-order valence-electron chi connectivity index (χ1n) is 9.68. The van der Waals surface area contributed by atoms with E-state index in [1.807, 2.05) is 0 Å². The third-order valence-electron chi connectivity index (χ3n) is 4.40. The van der Waals surface area contributed by atoms with Crippen LogP contribution in [0, 0.1) is 5.82 Å². The number of urea groups is 1. The van der Waals surface area contributed by atoms with E-state index in [0.29, 0.717) is 25.4 Å². The summed E-state index contributed by atoms with van der Waals surface area (Å²) in [5, 5.41) is 12.9. The first-order chi connectivity index (χ1) is 15.4. The Morgan fingerprint density at radius 3 is 2.78 bits per heavy atom. The Labute approximate surface area is 187 Å². The summed E-state index contributed by atoms with van der Waals surface area (Å²) in [5.41, 5.74) is 12.0. The van der Waals surface area contributed by atoms with Crippen molar-refractivity contribution in [2.45, 2.75) is 6.54 Å². The van der Waals surface area contributed by atoms with Gasteiger partial charge in [0.15, 0.2) is 17.5 Å². The van der Waals surface area contributed by atoms with E-state index >= 15 is 0 Å². The monoisotopic (exact) mass is 467 g/mol. The van der Waals surface area contributed by atoms with Crippen molar-refractivity contribution >= 4 is 35.1 Å². The SMILES string of the molecule is NC(=O)NC(=NCc1nonc1C(N)=Nc1ccc(F)c(Cl)c1)NCCN1CCOCC1. The highest BCUT2D eigenvalue weighted by atomic mass is 35.5. The van der Waals surface area contributed by atoms with Gasteiger partial charge in [-0.3, -0.25) is 10.2 Å². The molecule has 1 aliphatic rings. The minimum absolute atomic E-state index is 0.0242. The van der Waals surface area contributed by atoms with Crippen molar-refractivity contribution in [3.63, 3.8) is 0 Å². The minimum atomic E-state index is -0.768. The number of ether oxygens (including phenoxy) is 1. The van der Waals surface area contributed by atoms with Gasteiger partial charge in [0.2, 0.25) is 0 Å². The zero-order valence-corrected chi connectivity index (χ0v) is 17.8. The number of primary amides is 1. The minimum Gasteiger partial charge on any atom is -0.382 e. The van der Waals surface area contributed by atoms with Crippen LogP contribution in [0.5, 0.6) is 0 Å². The molecule has 1 fully saturated rings. The maximum absolute atomic E-state index is 13.3. The Balaban J connectivity index is 1.66. The first-order valence-corrected chi connectivity index (χ1v) is 10.1. The number of morpholine rings is 1. The van der Waals surface area contributed by atoms with Crippen LogP contribution in [0.3, 0.4) is 0 Å². The summed E-state index contributed by atoms with van der Waals surface area (Å²) in [6, 6.07) is 3.13. The Morgan fingerprint density at radius 2 is 2.06 bits per heavy atom. The second-order valence-corrected chi connectivity index (χ2v) is 7.10. The highest BCUT2D eigenvalue weighted by Gasteiger charge is 2.15. The number of benzene rings is 1. The summed E-state index contributed by atoms with van der Waals surface area (Å²) < 4.78 is 23.4. The second kappa shape index (κ2) is 11.4. The van der Waals surface area contributed by atoms with Crippen molar-refractivity contribution in [3.05, 3.63) is 40.4 Å². The van der Waals surface area contributed by atoms with Crippen molar-refractivity contribution in [2.75, 3.05) is 39.4 Å². The lowest BCUT2D eigenvalue weighted by Crippen LogP contribution is -2.47. The molecule has 2 amide bonds.